The number of aryl methyl sites for hydroxylation is 1. The molecule has 0 radical (unpaired) electrons. The van der Waals surface area contributed by atoms with Crippen molar-refractivity contribution in [2.75, 3.05) is 12.9 Å². The summed E-state index contributed by atoms with van der Waals surface area (Å²) in [4.78, 5) is 7.00. The number of nitrogens with zero attached hydrogens (tertiary/aromatic N) is 1. The van der Waals surface area contributed by atoms with Crippen LogP contribution in [0.15, 0.2) is 23.2 Å². The molecule has 1 unspecified atom stereocenters. The Hall–Kier alpha value is -1.65. The predicted octanol–water partition coefficient (Wildman–Crippen LogP) is 4.75. The van der Waals surface area contributed by atoms with E-state index in [1.165, 1.54) is 19.1 Å². The molecule has 0 saturated heterocycles. The molecule has 1 aromatic carbocycles. The number of rotatable bonds is 6. The van der Waals surface area contributed by atoms with Gasteiger partial charge in [-0.15, -0.1) is 0 Å². The van der Waals surface area contributed by atoms with Gasteiger partial charge in [0.05, 0.1) is 22.7 Å². The molecule has 0 aliphatic heterocycles. The van der Waals surface area contributed by atoms with E-state index in [9.17, 15) is 26.0 Å². The van der Waals surface area contributed by atoms with Gasteiger partial charge in [-0.2, -0.15) is 13.2 Å². The molecule has 30 heavy (non-hydrogen) atoms. The van der Waals surface area contributed by atoms with Crippen LogP contribution in [0.5, 0.6) is 0 Å². The number of sulfone groups is 1. The van der Waals surface area contributed by atoms with Crippen molar-refractivity contribution in [3.63, 3.8) is 0 Å². The number of ether oxygens (including phenoxy) is 1. The maximum absolute atomic E-state index is 13.6. The van der Waals surface area contributed by atoms with Crippen molar-refractivity contribution >= 4 is 21.4 Å². The zero-order valence-corrected chi connectivity index (χ0v) is 17.7. The molecule has 1 N–H and O–H groups in total. The van der Waals surface area contributed by atoms with Crippen molar-refractivity contribution in [2.24, 2.45) is 10.8 Å². The molecule has 3 saturated carbocycles. The topological polar surface area (TPSA) is 72.0 Å². The molecular formula is C19H19ClF4N2O3S. The van der Waals surface area contributed by atoms with E-state index in [2.05, 4.69) is 9.97 Å². The number of hydrogen-bond donors (Lipinski definition) is 1. The summed E-state index contributed by atoms with van der Waals surface area (Å²) >= 11 is 5.88. The minimum Gasteiger partial charge on any atom is -0.365 e. The third-order valence-corrected chi connectivity index (χ3v) is 7.39. The molecule has 3 aliphatic rings. The monoisotopic (exact) mass is 466 g/mol. The highest BCUT2D eigenvalue weighted by molar-refractivity contribution is 7.90. The Morgan fingerprint density at radius 1 is 1.30 bits per heavy atom. The Morgan fingerprint density at radius 2 is 1.93 bits per heavy atom. The van der Waals surface area contributed by atoms with E-state index in [0.29, 0.717) is 11.3 Å². The SMILES string of the molecule is Cc1[nH]c(C(OCC23CC(C(F)(F)F)(C2)C3)c2ccc(F)c(Cl)c2)nc1S(C)(=O)=O. The first-order chi connectivity index (χ1) is 13.8. The summed E-state index contributed by atoms with van der Waals surface area (Å²) in [6.07, 6.45) is -4.12. The molecule has 5 rings (SSSR count). The van der Waals surface area contributed by atoms with Gasteiger partial charge in [-0.3, -0.25) is 0 Å². The standard InChI is InChI=1S/C19H19ClF4N2O3S/c1-10-16(30(2,27)28)26-15(25-10)14(11-3-4-13(21)12(20)5-11)29-9-17-6-18(7-17,8-17)19(22,23)24/h3-5,14H,6-9H2,1-2H3,(H,25,26). The summed E-state index contributed by atoms with van der Waals surface area (Å²) in [6.45, 7) is 1.58. The van der Waals surface area contributed by atoms with Crippen LogP contribution < -0.4 is 0 Å². The molecule has 164 valence electrons. The number of halogens is 5. The normalized spacial score (nSPS) is 26.8. The second-order valence-electron chi connectivity index (χ2n) is 8.50. The molecule has 1 atom stereocenters. The molecule has 11 heteroatoms. The first-order valence-corrected chi connectivity index (χ1v) is 11.4. The van der Waals surface area contributed by atoms with Gasteiger partial charge < -0.3 is 9.72 Å². The molecule has 5 nitrogen and oxygen atoms in total. The van der Waals surface area contributed by atoms with Crippen LogP contribution >= 0.6 is 11.6 Å². The van der Waals surface area contributed by atoms with Gasteiger partial charge in [-0.05, 0) is 49.3 Å². The highest BCUT2D eigenvalue weighted by atomic mass is 35.5. The summed E-state index contributed by atoms with van der Waals surface area (Å²) in [7, 11) is -3.61. The van der Waals surface area contributed by atoms with E-state index in [-0.39, 0.29) is 41.7 Å². The number of alkyl halides is 3. The fourth-order valence-corrected chi connectivity index (χ4v) is 5.73. The third kappa shape index (κ3) is 3.42. The summed E-state index contributed by atoms with van der Waals surface area (Å²) in [6, 6.07) is 3.89. The van der Waals surface area contributed by atoms with Crippen molar-refractivity contribution in [3.05, 3.63) is 46.1 Å². The summed E-state index contributed by atoms with van der Waals surface area (Å²) in [5, 5.41) is -0.310. The second kappa shape index (κ2) is 6.67. The van der Waals surface area contributed by atoms with Gasteiger partial charge in [0.2, 0.25) is 0 Å². The average molecular weight is 467 g/mol. The number of nitrogens with one attached hydrogen (secondary N) is 1. The van der Waals surface area contributed by atoms with Gasteiger partial charge >= 0.3 is 6.18 Å². The van der Waals surface area contributed by atoms with Crippen LogP contribution in [0, 0.1) is 23.6 Å². The smallest absolute Gasteiger partial charge is 0.365 e. The minimum atomic E-state index is -4.22. The lowest BCUT2D eigenvalue weighted by atomic mass is 9.35. The lowest BCUT2D eigenvalue weighted by molar-refractivity contribution is -0.372. The molecule has 1 heterocycles. The molecule has 3 aliphatic carbocycles. The van der Waals surface area contributed by atoms with Gasteiger partial charge in [-0.25, -0.2) is 17.8 Å². The van der Waals surface area contributed by atoms with Crippen molar-refractivity contribution in [1.82, 2.24) is 9.97 Å². The highest BCUT2D eigenvalue weighted by Crippen LogP contribution is 2.78. The van der Waals surface area contributed by atoms with E-state index in [1.807, 2.05) is 0 Å². The van der Waals surface area contributed by atoms with Gasteiger partial charge in [0, 0.05) is 6.26 Å². The number of aromatic amines is 1. The Morgan fingerprint density at radius 3 is 2.43 bits per heavy atom. The molecule has 2 aromatic rings. The van der Waals surface area contributed by atoms with E-state index < -0.39 is 38.8 Å². The second-order valence-corrected chi connectivity index (χ2v) is 10.8. The largest absolute Gasteiger partial charge is 0.394 e. The molecule has 0 amide bonds. The zero-order valence-electron chi connectivity index (χ0n) is 16.1. The maximum atomic E-state index is 13.6. The van der Waals surface area contributed by atoms with Gasteiger partial charge in [-0.1, -0.05) is 17.7 Å². The lowest BCUT2D eigenvalue weighted by Gasteiger charge is -2.70. The quantitative estimate of drug-likeness (QED) is 0.623. The van der Waals surface area contributed by atoms with Crippen molar-refractivity contribution in [3.8, 4) is 0 Å². The van der Waals surface area contributed by atoms with E-state index in [1.54, 1.807) is 0 Å². The van der Waals surface area contributed by atoms with Crippen LogP contribution in [-0.2, 0) is 14.6 Å². The zero-order chi connectivity index (χ0) is 22.1. The fraction of sp³-hybridized carbons (Fsp3) is 0.526. The summed E-state index contributed by atoms with van der Waals surface area (Å²) in [5.41, 5.74) is -1.45. The van der Waals surface area contributed by atoms with Crippen LogP contribution in [-0.4, -0.2) is 37.4 Å². The minimum absolute atomic E-state index is 0.00612. The fourth-order valence-electron chi connectivity index (χ4n) is 4.67. The molecular weight excluding hydrogens is 448 g/mol. The van der Waals surface area contributed by atoms with Gasteiger partial charge in [0.15, 0.2) is 14.9 Å². The van der Waals surface area contributed by atoms with Crippen molar-refractivity contribution in [2.45, 2.75) is 43.5 Å². The van der Waals surface area contributed by atoms with Crippen LogP contribution in [0.2, 0.25) is 5.02 Å². The number of benzene rings is 1. The van der Waals surface area contributed by atoms with Crippen LogP contribution in [0.3, 0.4) is 0 Å². The molecule has 3 fully saturated rings. The Balaban J connectivity index is 1.60. The number of imidazole rings is 1. The summed E-state index contributed by atoms with van der Waals surface area (Å²) in [5.74, 6) is -0.481. The Labute approximate surface area is 175 Å². The van der Waals surface area contributed by atoms with Crippen molar-refractivity contribution < 1.29 is 30.7 Å². The van der Waals surface area contributed by atoms with Crippen molar-refractivity contribution in [1.29, 1.82) is 0 Å². The number of hydrogen-bond acceptors (Lipinski definition) is 4. The van der Waals surface area contributed by atoms with Gasteiger partial charge in [0.1, 0.15) is 17.7 Å². The molecule has 2 bridgehead atoms. The Kier molecular flexibility index (Phi) is 4.80. The molecule has 0 spiro atoms. The third-order valence-electron chi connectivity index (χ3n) is 6.00. The predicted molar refractivity (Wildman–Crippen MR) is 100 cm³/mol. The van der Waals surface area contributed by atoms with E-state index >= 15 is 0 Å². The van der Waals surface area contributed by atoms with Crippen LogP contribution in [0.25, 0.3) is 0 Å². The Bertz CT molecular complexity index is 1090. The van der Waals surface area contributed by atoms with Crippen LogP contribution in [0.4, 0.5) is 17.6 Å². The summed E-state index contributed by atoms with van der Waals surface area (Å²) < 4.78 is 82.7. The first kappa shape index (κ1) is 21.6. The average Bonchev–Trinajstić information content (AvgIpc) is 2.92. The van der Waals surface area contributed by atoms with E-state index in [0.717, 1.165) is 12.3 Å². The molecule has 1 aromatic heterocycles. The highest BCUT2D eigenvalue weighted by Gasteiger charge is 2.78. The maximum Gasteiger partial charge on any atom is 0.394 e. The first-order valence-electron chi connectivity index (χ1n) is 9.15. The number of H-pyrrole nitrogens is 1. The lowest BCUT2D eigenvalue weighted by Crippen LogP contribution is -2.69. The number of aromatic nitrogens is 2. The van der Waals surface area contributed by atoms with Crippen LogP contribution in [0.1, 0.15) is 42.4 Å². The van der Waals surface area contributed by atoms with Gasteiger partial charge in [0.25, 0.3) is 0 Å². The van der Waals surface area contributed by atoms with E-state index in [4.69, 9.17) is 16.3 Å².